The lowest BCUT2D eigenvalue weighted by Gasteiger charge is -2.31. The van der Waals surface area contributed by atoms with Gasteiger partial charge in [0.05, 0.1) is 26.1 Å². The number of carbonyl (C=O) groups is 3. The van der Waals surface area contributed by atoms with Gasteiger partial charge in [-0.2, -0.15) is 0 Å². The van der Waals surface area contributed by atoms with Crippen molar-refractivity contribution in [2.24, 2.45) is 23.7 Å². The molecule has 6 heteroatoms. The lowest BCUT2D eigenvalue weighted by atomic mass is 9.79. The number of hydrogen-bond donors (Lipinski definition) is 0. The van der Waals surface area contributed by atoms with Gasteiger partial charge in [0, 0.05) is 12.2 Å². The van der Waals surface area contributed by atoms with Gasteiger partial charge in [-0.3, -0.25) is 14.4 Å². The highest BCUT2D eigenvalue weighted by atomic mass is 32.2. The van der Waals surface area contributed by atoms with Crippen LogP contribution in [0.2, 0.25) is 0 Å². The molecule has 106 valence electrons. The van der Waals surface area contributed by atoms with Crippen molar-refractivity contribution in [2.75, 3.05) is 14.2 Å². The van der Waals surface area contributed by atoms with Gasteiger partial charge in [0.1, 0.15) is 0 Å². The molecule has 19 heavy (non-hydrogen) atoms. The Morgan fingerprint density at radius 2 is 1.58 bits per heavy atom. The highest BCUT2D eigenvalue weighted by Crippen LogP contribution is 2.56. The van der Waals surface area contributed by atoms with Gasteiger partial charge in [-0.05, 0) is 24.7 Å². The second kappa shape index (κ2) is 5.53. The molecule has 2 fully saturated rings. The van der Waals surface area contributed by atoms with Crippen LogP contribution in [0, 0.1) is 23.7 Å². The van der Waals surface area contributed by atoms with Crippen molar-refractivity contribution in [2.45, 2.75) is 25.0 Å². The summed E-state index contributed by atoms with van der Waals surface area (Å²) in [6.07, 6.45) is 1.59. The van der Waals surface area contributed by atoms with Gasteiger partial charge in [0.25, 0.3) is 0 Å². The van der Waals surface area contributed by atoms with E-state index in [0.717, 1.165) is 12.8 Å². The molecule has 0 aromatic rings. The van der Waals surface area contributed by atoms with E-state index in [4.69, 9.17) is 9.47 Å². The van der Waals surface area contributed by atoms with Crippen LogP contribution in [0.3, 0.4) is 0 Å². The summed E-state index contributed by atoms with van der Waals surface area (Å²) in [4.78, 5) is 35.1. The molecule has 0 aromatic carbocycles. The number of fused-ring (bicyclic) bond motifs is 2. The van der Waals surface area contributed by atoms with E-state index in [0.29, 0.717) is 0 Å². The molecule has 0 aromatic heterocycles. The molecule has 0 N–H and O–H groups in total. The molecule has 2 aliphatic rings. The van der Waals surface area contributed by atoms with Crippen LogP contribution in [0.1, 0.15) is 19.8 Å². The molecular weight excluding hydrogens is 268 g/mol. The second-order valence-electron chi connectivity index (χ2n) is 5.14. The first-order valence-electron chi connectivity index (χ1n) is 6.32. The molecular formula is C13H18O5S. The average molecular weight is 286 g/mol. The molecule has 2 aliphatic carbocycles. The van der Waals surface area contributed by atoms with Crippen LogP contribution in [0.5, 0.6) is 0 Å². The summed E-state index contributed by atoms with van der Waals surface area (Å²) in [5, 5.41) is 0.170. The third kappa shape index (κ3) is 2.50. The summed E-state index contributed by atoms with van der Waals surface area (Å²) in [6, 6.07) is 0. The van der Waals surface area contributed by atoms with E-state index in [9.17, 15) is 14.4 Å². The summed E-state index contributed by atoms with van der Waals surface area (Å²) in [6.45, 7) is 1.53. The minimum atomic E-state index is -0.465. The third-order valence-corrected chi connectivity index (χ3v) is 5.38. The highest BCUT2D eigenvalue weighted by molar-refractivity contribution is 8.14. The van der Waals surface area contributed by atoms with E-state index in [2.05, 4.69) is 0 Å². The normalized spacial score (nSPS) is 36.1. The Hall–Kier alpha value is -1.04. The first-order valence-corrected chi connectivity index (χ1v) is 7.20. The number of ether oxygens (including phenoxy) is 2. The zero-order chi connectivity index (χ0) is 14.2. The second-order valence-corrected chi connectivity index (χ2v) is 6.56. The fourth-order valence-corrected chi connectivity index (χ4v) is 4.81. The Bertz CT molecular complexity index is 408. The van der Waals surface area contributed by atoms with Crippen LogP contribution in [0.25, 0.3) is 0 Å². The maximum atomic E-state index is 11.9. The Kier molecular flexibility index (Phi) is 4.18. The molecule has 0 amide bonds. The largest absolute Gasteiger partial charge is 0.469 e. The quantitative estimate of drug-likeness (QED) is 0.727. The van der Waals surface area contributed by atoms with Crippen LogP contribution in [-0.2, 0) is 23.9 Å². The van der Waals surface area contributed by atoms with Crippen LogP contribution in [0.15, 0.2) is 0 Å². The molecule has 0 aliphatic heterocycles. The van der Waals surface area contributed by atoms with Crippen molar-refractivity contribution in [1.82, 2.24) is 0 Å². The molecule has 0 heterocycles. The molecule has 0 radical (unpaired) electrons. The van der Waals surface area contributed by atoms with Crippen molar-refractivity contribution < 1.29 is 23.9 Å². The Morgan fingerprint density at radius 1 is 1.00 bits per heavy atom. The minimum absolute atomic E-state index is 0.0375. The Morgan fingerprint density at radius 3 is 2.11 bits per heavy atom. The molecule has 2 bridgehead atoms. The smallest absolute Gasteiger partial charge is 0.309 e. The van der Waals surface area contributed by atoms with Gasteiger partial charge >= 0.3 is 11.9 Å². The van der Waals surface area contributed by atoms with Crippen LogP contribution in [-0.4, -0.2) is 36.5 Å². The molecule has 2 rings (SSSR count). The van der Waals surface area contributed by atoms with E-state index >= 15 is 0 Å². The molecule has 2 saturated carbocycles. The molecule has 5 nitrogen and oxygen atoms in total. The van der Waals surface area contributed by atoms with Crippen LogP contribution < -0.4 is 0 Å². The van der Waals surface area contributed by atoms with Crippen LogP contribution >= 0.6 is 11.8 Å². The van der Waals surface area contributed by atoms with E-state index in [1.807, 2.05) is 0 Å². The summed E-state index contributed by atoms with van der Waals surface area (Å²) in [5.74, 6) is -1.42. The third-order valence-electron chi connectivity index (χ3n) is 4.21. The minimum Gasteiger partial charge on any atom is -0.469 e. The van der Waals surface area contributed by atoms with Gasteiger partial charge in [-0.15, -0.1) is 0 Å². The maximum absolute atomic E-state index is 11.9. The average Bonchev–Trinajstić information content (AvgIpc) is 2.93. The lowest BCUT2D eigenvalue weighted by molar-refractivity contribution is -0.159. The predicted molar refractivity (Wildman–Crippen MR) is 69.3 cm³/mol. The molecule has 5 atom stereocenters. The van der Waals surface area contributed by atoms with Gasteiger partial charge in [0.2, 0.25) is 0 Å². The standard InChI is InChI=1S/C13H18O5S/c1-6(14)19-9-5-7-4-8(9)11(13(16)18-3)10(7)12(15)17-2/h7-11H,4-5H2,1-3H3/t7-,8+,9-,10-,11-/m0/s1. The lowest BCUT2D eigenvalue weighted by Crippen LogP contribution is -2.40. The fraction of sp³-hybridized carbons (Fsp3) is 0.769. The van der Waals surface area contributed by atoms with Crippen molar-refractivity contribution in [3.63, 3.8) is 0 Å². The van der Waals surface area contributed by atoms with E-state index in [-0.39, 0.29) is 34.1 Å². The summed E-state index contributed by atoms with van der Waals surface area (Å²) < 4.78 is 9.63. The van der Waals surface area contributed by atoms with Gasteiger partial charge in [-0.1, -0.05) is 11.8 Å². The zero-order valence-electron chi connectivity index (χ0n) is 11.3. The van der Waals surface area contributed by atoms with Crippen LogP contribution in [0.4, 0.5) is 0 Å². The van der Waals surface area contributed by atoms with Crippen molar-refractivity contribution in [1.29, 1.82) is 0 Å². The topological polar surface area (TPSA) is 69.7 Å². The molecule has 0 spiro atoms. The first-order chi connectivity index (χ1) is 8.99. The Balaban J connectivity index is 2.21. The van der Waals surface area contributed by atoms with E-state index in [1.54, 1.807) is 0 Å². The molecule has 0 saturated heterocycles. The number of hydrogen-bond acceptors (Lipinski definition) is 6. The van der Waals surface area contributed by atoms with Gasteiger partial charge < -0.3 is 9.47 Å². The van der Waals surface area contributed by atoms with Gasteiger partial charge in [0.15, 0.2) is 5.12 Å². The number of carbonyl (C=O) groups excluding carboxylic acids is 3. The first kappa shape index (κ1) is 14.4. The monoisotopic (exact) mass is 286 g/mol. The summed E-state index contributed by atoms with van der Waals surface area (Å²) in [7, 11) is 2.67. The number of esters is 2. The number of rotatable bonds is 3. The predicted octanol–water partition coefficient (Wildman–Crippen LogP) is 1.25. The van der Waals surface area contributed by atoms with Gasteiger partial charge in [-0.25, -0.2) is 0 Å². The number of thioether (sulfide) groups is 1. The summed E-state index contributed by atoms with van der Waals surface area (Å²) in [5.41, 5.74) is 0. The van der Waals surface area contributed by atoms with E-state index < -0.39 is 11.8 Å². The molecule has 0 unspecified atom stereocenters. The SMILES string of the molecule is COC(=O)[C@H]1[C@H]2C[C@@H]([C@@H]1C(=O)OC)[C@@H](SC(C)=O)C2. The highest BCUT2D eigenvalue weighted by Gasteiger charge is 2.59. The maximum Gasteiger partial charge on any atom is 0.309 e. The van der Waals surface area contributed by atoms with E-state index in [1.165, 1.54) is 32.9 Å². The summed E-state index contributed by atoms with van der Waals surface area (Å²) >= 11 is 1.28. The van der Waals surface area contributed by atoms with Crippen molar-refractivity contribution >= 4 is 28.8 Å². The van der Waals surface area contributed by atoms with Crippen molar-refractivity contribution in [3.8, 4) is 0 Å². The Labute approximate surface area is 116 Å². The number of methoxy groups -OCH3 is 2. The fourth-order valence-electron chi connectivity index (χ4n) is 3.58. The zero-order valence-corrected chi connectivity index (χ0v) is 12.1. The van der Waals surface area contributed by atoms with Crippen molar-refractivity contribution in [3.05, 3.63) is 0 Å².